The average molecular weight is 363 g/mol. The molecule has 2 aromatic rings. The van der Waals surface area contributed by atoms with Crippen LogP contribution in [0, 0.1) is 10.1 Å². The van der Waals surface area contributed by atoms with E-state index in [1.165, 1.54) is 0 Å². The van der Waals surface area contributed by atoms with Crippen LogP contribution < -0.4 is 4.74 Å². The van der Waals surface area contributed by atoms with Gasteiger partial charge in [-0.25, -0.2) is 0 Å². The monoisotopic (exact) mass is 363 g/mol. The van der Waals surface area contributed by atoms with Gasteiger partial charge in [0.2, 0.25) is 6.54 Å². The van der Waals surface area contributed by atoms with Crippen LogP contribution in [0.4, 0.5) is 0 Å². The van der Waals surface area contributed by atoms with E-state index in [-0.39, 0.29) is 13.2 Å². The molecule has 3 rings (SSSR count). The SMILES string of the molecule is CS(=O)(=O)OC[C@@H]1c2ccccc2Oc2ccccc2[C@H]1C[N+](=O)[O-]. The standard InChI is InChI=1S/C17H17NO6S/c1-25(21,22)23-11-15-13-7-3-5-9-17(13)24-16-8-4-2-6-12(16)14(15)10-18(19)20/h2-9,14-15H,10-11H2,1H3/t14-,15-/m1/s1. The van der Waals surface area contributed by atoms with E-state index in [0.29, 0.717) is 22.6 Å². The van der Waals surface area contributed by atoms with Crippen LogP contribution in [0.2, 0.25) is 0 Å². The number of ether oxygens (including phenoxy) is 1. The fourth-order valence-corrected chi connectivity index (χ4v) is 3.49. The number of para-hydroxylation sites is 2. The molecule has 132 valence electrons. The van der Waals surface area contributed by atoms with E-state index in [1.54, 1.807) is 48.5 Å². The van der Waals surface area contributed by atoms with Crippen LogP contribution >= 0.6 is 0 Å². The number of benzene rings is 2. The Morgan fingerprint density at radius 1 is 1.04 bits per heavy atom. The Morgan fingerprint density at radius 2 is 1.56 bits per heavy atom. The lowest BCUT2D eigenvalue weighted by Crippen LogP contribution is -2.24. The molecule has 1 heterocycles. The van der Waals surface area contributed by atoms with Crippen LogP contribution in [-0.2, 0) is 14.3 Å². The molecule has 0 saturated carbocycles. The van der Waals surface area contributed by atoms with Gasteiger partial charge in [0, 0.05) is 22.0 Å². The summed E-state index contributed by atoms with van der Waals surface area (Å²) in [7, 11) is -3.68. The van der Waals surface area contributed by atoms with Crippen molar-refractivity contribution in [1.82, 2.24) is 0 Å². The Bertz CT molecular complexity index is 896. The maximum atomic E-state index is 11.5. The highest BCUT2D eigenvalue weighted by Crippen LogP contribution is 2.46. The van der Waals surface area contributed by atoms with Gasteiger partial charge in [-0.1, -0.05) is 36.4 Å². The lowest BCUT2D eigenvalue weighted by Gasteiger charge is -2.23. The van der Waals surface area contributed by atoms with Crippen molar-refractivity contribution >= 4 is 10.1 Å². The molecule has 0 aliphatic carbocycles. The highest BCUT2D eigenvalue weighted by atomic mass is 32.2. The van der Waals surface area contributed by atoms with Crippen LogP contribution in [0.25, 0.3) is 0 Å². The van der Waals surface area contributed by atoms with Crippen molar-refractivity contribution in [3.63, 3.8) is 0 Å². The normalized spacial score (nSPS) is 19.2. The minimum atomic E-state index is -3.68. The van der Waals surface area contributed by atoms with Crippen molar-refractivity contribution in [2.24, 2.45) is 0 Å². The second-order valence-corrected chi connectivity index (χ2v) is 7.54. The summed E-state index contributed by atoms with van der Waals surface area (Å²) in [5.74, 6) is -0.0249. The molecule has 7 nitrogen and oxygen atoms in total. The van der Waals surface area contributed by atoms with Crippen LogP contribution in [0.3, 0.4) is 0 Å². The molecule has 8 heteroatoms. The number of hydrogen-bond donors (Lipinski definition) is 0. The van der Waals surface area contributed by atoms with Crippen molar-refractivity contribution < 1.29 is 22.3 Å². The molecule has 0 radical (unpaired) electrons. The highest BCUT2D eigenvalue weighted by molar-refractivity contribution is 7.85. The maximum Gasteiger partial charge on any atom is 0.264 e. The average Bonchev–Trinajstić information content (AvgIpc) is 2.66. The molecule has 1 aliphatic rings. The third-order valence-corrected chi connectivity index (χ3v) is 4.71. The van der Waals surface area contributed by atoms with Crippen LogP contribution in [-0.4, -0.2) is 32.7 Å². The van der Waals surface area contributed by atoms with E-state index in [0.717, 1.165) is 6.26 Å². The first kappa shape index (κ1) is 17.4. The first-order chi connectivity index (χ1) is 11.8. The Hall–Kier alpha value is -2.45. The van der Waals surface area contributed by atoms with E-state index in [4.69, 9.17) is 8.92 Å². The van der Waals surface area contributed by atoms with Gasteiger partial charge in [0.25, 0.3) is 10.1 Å². The van der Waals surface area contributed by atoms with Gasteiger partial charge in [-0.3, -0.25) is 14.3 Å². The van der Waals surface area contributed by atoms with Crippen molar-refractivity contribution in [2.45, 2.75) is 11.8 Å². The summed E-state index contributed by atoms with van der Waals surface area (Å²) >= 11 is 0. The fourth-order valence-electron chi connectivity index (χ4n) is 3.10. The van der Waals surface area contributed by atoms with E-state index >= 15 is 0 Å². The van der Waals surface area contributed by atoms with Gasteiger partial charge in [0.05, 0.1) is 18.8 Å². The number of nitrogens with zero attached hydrogens (tertiary/aromatic N) is 1. The van der Waals surface area contributed by atoms with Gasteiger partial charge >= 0.3 is 0 Å². The first-order valence-electron chi connectivity index (χ1n) is 7.67. The zero-order valence-electron chi connectivity index (χ0n) is 13.5. The van der Waals surface area contributed by atoms with Gasteiger partial charge in [-0.05, 0) is 12.1 Å². The van der Waals surface area contributed by atoms with E-state index in [2.05, 4.69) is 0 Å². The molecule has 0 unspecified atom stereocenters. The summed E-state index contributed by atoms with van der Waals surface area (Å²) in [5.41, 5.74) is 1.35. The Morgan fingerprint density at radius 3 is 2.08 bits per heavy atom. The summed E-state index contributed by atoms with van der Waals surface area (Å²) in [6.45, 7) is -0.543. The first-order valence-corrected chi connectivity index (χ1v) is 9.48. The van der Waals surface area contributed by atoms with Crippen molar-refractivity contribution in [1.29, 1.82) is 0 Å². The molecule has 0 fully saturated rings. The molecule has 0 bridgehead atoms. The quantitative estimate of drug-likeness (QED) is 0.460. The summed E-state index contributed by atoms with van der Waals surface area (Å²) in [6, 6.07) is 14.2. The second kappa shape index (κ2) is 6.81. The summed E-state index contributed by atoms with van der Waals surface area (Å²) in [4.78, 5) is 10.9. The number of nitro groups is 1. The highest BCUT2D eigenvalue weighted by Gasteiger charge is 2.36. The summed E-state index contributed by atoms with van der Waals surface area (Å²) in [5, 5.41) is 11.3. The number of hydrogen-bond acceptors (Lipinski definition) is 6. The van der Waals surface area contributed by atoms with Gasteiger partial charge in [-0.2, -0.15) is 8.42 Å². The molecule has 0 spiro atoms. The molecular weight excluding hydrogens is 346 g/mol. The fraction of sp³-hybridized carbons (Fsp3) is 0.294. The number of rotatable bonds is 5. The van der Waals surface area contributed by atoms with Gasteiger partial charge in [0.15, 0.2) is 0 Å². The van der Waals surface area contributed by atoms with Crippen LogP contribution in [0.15, 0.2) is 48.5 Å². The minimum absolute atomic E-state index is 0.188. The lowest BCUT2D eigenvalue weighted by atomic mass is 9.82. The predicted molar refractivity (Wildman–Crippen MR) is 91.1 cm³/mol. The Kier molecular flexibility index (Phi) is 4.73. The van der Waals surface area contributed by atoms with Gasteiger partial charge < -0.3 is 4.74 Å². The van der Waals surface area contributed by atoms with E-state index in [9.17, 15) is 18.5 Å². The molecule has 0 saturated heterocycles. The molecule has 2 atom stereocenters. The van der Waals surface area contributed by atoms with E-state index < -0.39 is 26.9 Å². The van der Waals surface area contributed by atoms with E-state index in [1.807, 2.05) is 0 Å². The molecule has 0 amide bonds. The van der Waals surface area contributed by atoms with Gasteiger partial charge in [0.1, 0.15) is 11.5 Å². The smallest absolute Gasteiger partial charge is 0.264 e. The van der Waals surface area contributed by atoms with Gasteiger partial charge in [-0.15, -0.1) is 0 Å². The van der Waals surface area contributed by atoms with Crippen LogP contribution in [0.5, 0.6) is 11.5 Å². The number of fused-ring (bicyclic) bond motifs is 2. The predicted octanol–water partition coefficient (Wildman–Crippen LogP) is 2.91. The summed E-state index contributed by atoms with van der Waals surface area (Å²) < 4.78 is 33.9. The molecule has 0 aromatic heterocycles. The van der Waals surface area contributed by atoms with Crippen molar-refractivity contribution in [2.75, 3.05) is 19.4 Å². The maximum absolute atomic E-state index is 11.5. The minimum Gasteiger partial charge on any atom is -0.457 e. The molecular formula is C17H17NO6S. The lowest BCUT2D eigenvalue weighted by molar-refractivity contribution is -0.484. The Labute approximate surface area is 145 Å². The van der Waals surface area contributed by atoms with Crippen molar-refractivity contribution in [3.8, 4) is 11.5 Å². The Balaban J connectivity index is 2.13. The molecule has 0 N–H and O–H groups in total. The molecule has 2 aromatic carbocycles. The molecule has 1 aliphatic heterocycles. The zero-order chi connectivity index (χ0) is 18.0. The zero-order valence-corrected chi connectivity index (χ0v) is 14.3. The third kappa shape index (κ3) is 3.97. The molecule has 25 heavy (non-hydrogen) atoms. The topological polar surface area (TPSA) is 95.7 Å². The van der Waals surface area contributed by atoms with Crippen molar-refractivity contribution in [3.05, 3.63) is 69.8 Å². The second-order valence-electron chi connectivity index (χ2n) is 5.89. The van der Waals surface area contributed by atoms with Crippen LogP contribution in [0.1, 0.15) is 23.0 Å². The third-order valence-electron chi connectivity index (χ3n) is 4.15. The summed E-state index contributed by atoms with van der Waals surface area (Å²) in [6.07, 6.45) is 0.961. The largest absolute Gasteiger partial charge is 0.457 e.